The fourth-order valence-electron chi connectivity index (χ4n) is 2.04. The van der Waals surface area contributed by atoms with Crippen molar-refractivity contribution in [3.63, 3.8) is 0 Å². The van der Waals surface area contributed by atoms with Crippen molar-refractivity contribution in [2.24, 2.45) is 0 Å². The predicted octanol–water partition coefficient (Wildman–Crippen LogP) is 4.60. The second-order valence-electron chi connectivity index (χ2n) is 4.80. The summed E-state index contributed by atoms with van der Waals surface area (Å²) in [4.78, 5) is 15.5. The Kier molecular flexibility index (Phi) is 5.75. The van der Waals surface area contributed by atoms with Gasteiger partial charge >= 0.3 is 12.1 Å². The van der Waals surface area contributed by atoms with Crippen molar-refractivity contribution < 1.29 is 26.9 Å². The van der Waals surface area contributed by atoms with Crippen LogP contribution in [0.1, 0.15) is 16.1 Å². The minimum atomic E-state index is -4.65. The molecule has 1 unspecified atom stereocenters. The maximum atomic E-state index is 13.0. The molecule has 10 heteroatoms. The Morgan fingerprint density at radius 3 is 2.36 bits per heavy atom. The van der Waals surface area contributed by atoms with E-state index in [1.54, 1.807) is 0 Å². The molecular formula is C15H10Cl2F3NO3S. The predicted molar refractivity (Wildman–Crippen MR) is 88.4 cm³/mol. The highest BCUT2D eigenvalue weighted by Crippen LogP contribution is 2.39. The highest BCUT2D eigenvalue weighted by Gasteiger charge is 2.33. The summed E-state index contributed by atoms with van der Waals surface area (Å²) in [6, 6.07) is 4.14. The van der Waals surface area contributed by atoms with Crippen molar-refractivity contribution in [3.8, 4) is 11.3 Å². The molecule has 0 aliphatic heterocycles. The van der Waals surface area contributed by atoms with E-state index in [-0.39, 0.29) is 31.9 Å². The van der Waals surface area contributed by atoms with Crippen molar-refractivity contribution in [1.82, 2.24) is 4.98 Å². The van der Waals surface area contributed by atoms with Crippen LogP contribution < -0.4 is 0 Å². The number of alkyl halides is 3. The van der Waals surface area contributed by atoms with Crippen molar-refractivity contribution in [2.75, 3.05) is 13.4 Å². The van der Waals surface area contributed by atoms with E-state index >= 15 is 0 Å². The van der Waals surface area contributed by atoms with Crippen LogP contribution in [-0.2, 0) is 21.7 Å². The fraction of sp³-hybridized carbons (Fsp3) is 0.200. The Morgan fingerprint density at radius 1 is 1.20 bits per heavy atom. The molecule has 0 saturated carbocycles. The first-order valence-electron chi connectivity index (χ1n) is 6.55. The van der Waals surface area contributed by atoms with E-state index in [0.717, 1.165) is 13.2 Å². The summed E-state index contributed by atoms with van der Waals surface area (Å²) in [5, 5.41) is -0.302. The van der Waals surface area contributed by atoms with Gasteiger partial charge < -0.3 is 4.74 Å². The molecule has 0 saturated heterocycles. The van der Waals surface area contributed by atoms with Gasteiger partial charge in [0.15, 0.2) is 5.69 Å². The Balaban J connectivity index is 2.75. The summed E-state index contributed by atoms with van der Waals surface area (Å²) in [5.41, 5.74) is -1.19. The van der Waals surface area contributed by atoms with Gasteiger partial charge in [-0.05, 0) is 24.3 Å². The molecule has 25 heavy (non-hydrogen) atoms. The molecule has 1 heterocycles. The third kappa shape index (κ3) is 4.13. The monoisotopic (exact) mass is 411 g/mol. The average Bonchev–Trinajstić information content (AvgIpc) is 2.53. The SMILES string of the molecule is COC(=O)c1nc(-c2c(Cl)cc(C(F)(F)F)cc2S(C)=O)ccc1Cl. The minimum absolute atomic E-state index is 0.00203. The number of aromatic nitrogens is 1. The summed E-state index contributed by atoms with van der Waals surface area (Å²) in [5.74, 6) is -0.825. The number of carbonyl (C=O) groups excluding carboxylic acids is 1. The van der Waals surface area contributed by atoms with Crippen molar-refractivity contribution >= 4 is 40.0 Å². The number of esters is 1. The lowest BCUT2D eigenvalue weighted by molar-refractivity contribution is -0.137. The molecule has 0 N–H and O–H groups in total. The van der Waals surface area contributed by atoms with Crippen molar-refractivity contribution in [2.45, 2.75) is 11.1 Å². The van der Waals surface area contributed by atoms with E-state index in [0.29, 0.717) is 6.07 Å². The molecule has 0 bridgehead atoms. The molecule has 0 amide bonds. The van der Waals surface area contributed by atoms with E-state index < -0.39 is 28.5 Å². The lowest BCUT2D eigenvalue weighted by Crippen LogP contribution is -2.09. The van der Waals surface area contributed by atoms with E-state index in [9.17, 15) is 22.2 Å². The summed E-state index contributed by atoms with van der Waals surface area (Å²) in [7, 11) is -0.665. The van der Waals surface area contributed by atoms with Crippen LogP contribution >= 0.6 is 23.2 Å². The third-order valence-electron chi connectivity index (χ3n) is 3.17. The number of carbonyl (C=O) groups is 1. The fourth-order valence-corrected chi connectivity index (χ4v) is 3.39. The number of benzene rings is 1. The van der Waals surface area contributed by atoms with Crippen LogP contribution in [0.5, 0.6) is 0 Å². The van der Waals surface area contributed by atoms with Gasteiger partial charge in [0.05, 0.1) is 39.2 Å². The number of methoxy groups -OCH3 is 1. The molecule has 1 atom stereocenters. The van der Waals surface area contributed by atoms with Crippen LogP contribution in [0.2, 0.25) is 10.0 Å². The minimum Gasteiger partial charge on any atom is -0.464 e. The number of rotatable bonds is 3. The molecule has 1 aromatic carbocycles. The molecular weight excluding hydrogens is 402 g/mol. The maximum absolute atomic E-state index is 13.0. The van der Waals surface area contributed by atoms with E-state index in [4.69, 9.17) is 23.2 Å². The number of nitrogens with zero attached hydrogens (tertiary/aromatic N) is 1. The molecule has 2 rings (SSSR count). The quantitative estimate of drug-likeness (QED) is 0.692. The van der Waals surface area contributed by atoms with Crippen LogP contribution in [-0.4, -0.2) is 28.5 Å². The first-order chi connectivity index (χ1) is 11.6. The smallest absolute Gasteiger partial charge is 0.416 e. The van der Waals surface area contributed by atoms with Gasteiger partial charge in [-0.2, -0.15) is 13.2 Å². The zero-order valence-corrected chi connectivity index (χ0v) is 15.1. The highest BCUT2D eigenvalue weighted by molar-refractivity contribution is 7.84. The zero-order chi connectivity index (χ0) is 18.9. The van der Waals surface area contributed by atoms with Gasteiger partial charge in [0, 0.05) is 16.7 Å². The normalized spacial score (nSPS) is 12.8. The van der Waals surface area contributed by atoms with Crippen LogP contribution in [0.4, 0.5) is 13.2 Å². The summed E-state index contributed by atoms with van der Waals surface area (Å²) < 4.78 is 55.4. The van der Waals surface area contributed by atoms with E-state index in [2.05, 4.69) is 9.72 Å². The zero-order valence-electron chi connectivity index (χ0n) is 12.8. The standard InChI is InChI=1S/C15H10Cl2F3NO3S/c1-24-14(22)13-8(16)3-4-10(21-13)12-9(17)5-7(15(18,19)20)6-11(12)25(2)23/h3-6H,1-2H3. The van der Waals surface area contributed by atoms with E-state index in [1.165, 1.54) is 18.4 Å². The van der Waals surface area contributed by atoms with Crippen LogP contribution in [0.15, 0.2) is 29.2 Å². The second kappa shape index (κ2) is 7.31. The Labute approximate surface area is 153 Å². The van der Waals surface area contributed by atoms with Crippen LogP contribution in [0, 0.1) is 0 Å². The lowest BCUT2D eigenvalue weighted by Gasteiger charge is -2.14. The maximum Gasteiger partial charge on any atom is 0.416 e. The second-order valence-corrected chi connectivity index (χ2v) is 6.96. The molecule has 0 fully saturated rings. The molecule has 134 valence electrons. The number of pyridine rings is 1. The van der Waals surface area contributed by atoms with Gasteiger partial charge in [0.25, 0.3) is 0 Å². The van der Waals surface area contributed by atoms with Gasteiger partial charge in [0.2, 0.25) is 0 Å². The van der Waals surface area contributed by atoms with Gasteiger partial charge in [-0.25, -0.2) is 9.78 Å². The number of ether oxygens (including phenoxy) is 1. The number of halogens is 5. The topological polar surface area (TPSA) is 56.3 Å². The average molecular weight is 412 g/mol. The summed E-state index contributed by atoms with van der Waals surface area (Å²) in [6.45, 7) is 0. The molecule has 0 aliphatic carbocycles. The van der Waals surface area contributed by atoms with Crippen LogP contribution in [0.3, 0.4) is 0 Å². The lowest BCUT2D eigenvalue weighted by atomic mass is 10.1. The van der Waals surface area contributed by atoms with Gasteiger partial charge in [-0.15, -0.1) is 0 Å². The van der Waals surface area contributed by atoms with Gasteiger partial charge in [0.1, 0.15) is 0 Å². The summed E-state index contributed by atoms with van der Waals surface area (Å²) >= 11 is 11.9. The Morgan fingerprint density at radius 2 is 1.84 bits per heavy atom. The van der Waals surface area contributed by atoms with E-state index in [1.807, 2.05) is 0 Å². The largest absolute Gasteiger partial charge is 0.464 e. The van der Waals surface area contributed by atoms with Gasteiger partial charge in [-0.1, -0.05) is 23.2 Å². The molecule has 2 aromatic rings. The first kappa shape index (κ1) is 19.7. The molecule has 0 radical (unpaired) electrons. The van der Waals surface area contributed by atoms with Gasteiger partial charge in [-0.3, -0.25) is 4.21 Å². The molecule has 0 aliphatic rings. The van der Waals surface area contributed by atoms with Crippen molar-refractivity contribution in [3.05, 3.63) is 45.6 Å². The summed E-state index contributed by atoms with van der Waals surface area (Å²) in [6.07, 6.45) is -3.44. The number of hydrogen-bond acceptors (Lipinski definition) is 4. The first-order valence-corrected chi connectivity index (χ1v) is 8.87. The molecule has 4 nitrogen and oxygen atoms in total. The van der Waals surface area contributed by atoms with Crippen molar-refractivity contribution in [1.29, 1.82) is 0 Å². The number of hydrogen-bond donors (Lipinski definition) is 0. The third-order valence-corrected chi connectivity index (χ3v) is 4.72. The Hall–Kier alpha value is -1.64. The highest BCUT2D eigenvalue weighted by atomic mass is 35.5. The molecule has 0 spiro atoms. The van der Waals surface area contributed by atoms with Crippen LogP contribution in [0.25, 0.3) is 11.3 Å². The Bertz CT molecular complexity index is 872. The molecule has 1 aromatic heterocycles.